The zero-order valence-electron chi connectivity index (χ0n) is 9.52. The average molecular weight is 318 g/mol. The summed E-state index contributed by atoms with van der Waals surface area (Å²) in [5, 5.41) is 6.43. The van der Waals surface area contributed by atoms with Crippen molar-refractivity contribution in [1.82, 2.24) is 10.2 Å². The molecule has 2 aromatic rings. The Labute approximate surface area is 121 Å². The second-order valence-electron chi connectivity index (χ2n) is 3.65. The summed E-state index contributed by atoms with van der Waals surface area (Å²) in [6.07, 6.45) is 0. The van der Waals surface area contributed by atoms with E-state index in [1.165, 1.54) is 6.07 Å². The van der Waals surface area contributed by atoms with E-state index in [0.717, 1.165) is 5.56 Å². The van der Waals surface area contributed by atoms with Crippen LogP contribution in [0.1, 0.15) is 5.56 Å². The SMILES string of the molecule is O=c1[nH]nc(Cl)cc1NS(=O)Cc1ccc(Cl)cc1. The van der Waals surface area contributed by atoms with Gasteiger partial charge in [0.1, 0.15) is 16.7 Å². The van der Waals surface area contributed by atoms with Crippen molar-refractivity contribution in [1.29, 1.82) is 0 Å². The molecule has 1 aromatic heterocycles. The molecule has 19 heavy (non-hydrogen) atoms. The van der Waals surface area contributed by atoms with Crippen LogP contribution >= 0.6 is 23.2 Å². The van der Waals surface area contributed by atoms with Crippen molar-refractivity contribution in [2.75, 3.05) is 4.72 Å². The highest BCUT2D eigenvalue weighted by atomic mass is 35.5. The molecule has 0 aliphatic rings. The lowest BCUT2D eigenvalue weighted by Crippen LogP contribution is -2.17. The van der Waals surface area contributed by atoms with Gasteiger partial charge in [-0.05, 0) is 17.7 Å². The monoisotopic (exact) mass is 317 g/mol. The Morgan fingerprint density at radius 2 is 1.95 bits per heavy atom. The number of H-pyrrole nitrogens is 1. The quantitative estimate of drug-likeness (QED) is 0.909. The highest BCUT2D eigenvalue weighted by Gasteiger charge is 2.06. The summed E-state index contributed by atoms with van der Waals surface area (Å²) in [5.74, 6) is 0.247. The molecule has 0 spiro atoms. The van der Waals surface area contributed by atoms with Crippen molar-refractivity contribution in [2.45, 2.75) is 5.75 Å². The van der Waals surface area contributed by atoms with Crippen molar-refractivity contribution in [2.24, 2.45) is 0 Å². The Morgan fingerprint density at radius 1 is 1.26 bits per heavy atom. The molecule has 0 amide bonds. The number of rotatable bonds is 4. The number of halogens is 2. The smallest absolute Gasteiger partial charge is 0.288 e. The van der Waals surface area contributed by atoms with E-state index in [9.17, 15) is 9.00 Å². The molecule has 5 nitrogen and oxygen atoms in total. The molecule has 0 fully saturated rings. The first-order chi connectivity index (χ1) is 9.04. The number of hydrogen-bond donors (Lipinski definition) is 2. The predicted octanol–water partition coefficient (Wildman–Crippen LogP) is 2.35. The maximum Gasteiger partial charge on any atom is 0.288 e. The van der Waals surface area contributed by atoms with E-state index in [-0.39, 0.29) is 16.6 Å². The van der Waals surface area contributed by atoms with Gasteiger partial charge >= 0.3 is 0 Å². The first-order valence-corrected chi connectivity index (χ1v) is 7.27. The largest absolute Gasteiger partial charge is 0.300 e. The fourth-order valence-corrected chi connectivity index (χ4v) is 2.59. The minimum Gasteiger partial charge on any atom is -0.300 e. The Hall–Kier alpha value is -1.37. The molecule has 0 saturated heterocycles. The van der Waals surface area contributed by atoms with E-state index in [1.54, 1.807) is 24.3 Å². The van der Waals surface area contributed by atoms with Crippen molar-refractivity contribution >= 4 is 39.9 Å². The number of anilines is 1. The summed E-state index contributed by atoms with van der Waals surface area (Å²) in [5.41, 5.74) is 0.480. The van der Waals surface area contributed by atoms with E-state index in [2.05, 4.69) is 14.9 Å². The van der Waals surface area contributed by atoms with Crippen LogP contribution in [0.3, 0.4) is 0 Å². The minimum atomic E-state index is -1.45. The van der Waals surface area contributed by atoms with Crippen molar-refractivity contribution in [3.63, 3.8) is 0 Å². The molecule has 1 unspecified atom stereocenters. The molecule has 0 saturated carbocycles. The standard InChI is InChI=1S/C11H9Cl2N3O2S/c12-8-3-1-7(2-4-8)6-19(18)16-9-5-10(13)14-15-11(9)17/h1-5H,6H2,(H,14,16)(H,15,17). The van der Waals surface area contributed by atoms with Gasteiger partial charge in [0.25, 0.3) is 5.56 Å². The maximum atomic E-state index is 11.9. The summed E-state index contributed by atoms with van der Waals surface area (Å²) in [7, 11) is -1.45. The van der Waals surface area contributed by atoms with Crippen LogP contribution in [0.4, 0.5) is 5.69 Å². The van der Waals surface area contributed by atoms with Crippen LogP contribution in [0.25, 0.3) is 0 Å². The third kappa shape index (κ3) is 4.05. The second-order valence-corrected chi connectivity index (χ2v) is 5.66. The van der Waals surface area contributed by atoms with Gasteiger partial charge in [-0.25, -0.2) is 9.31 Å². The predicted molar refractivity (Wildman–Crippen MR) is 76.8 cm³/mol. The Kier molecular flexibility index (Phi) is 4.57. The molecule has 8 heteroatoms. The number of aromatic nitrogens is 2. The second kappa shape index (κ2) is 6.18. The van der Waals surface area contributed by atoms with Crippen LogP contribution in [0.15, 0.2) is 35.1 Å². The summed E-state index contributed by atoms with van der Waals surface area (Å²) in [4.78, 5) is 11.4. The van der Waals surface area contributed by atoms with Gasteiger partial charge in [-0.3, -0.25) is 9.52 Å². The lowest BCUT2D eigenvalue weighted by atomic mass is 10.2. The number of nitrogens with zero attached hydrogens (tertiary/aromatic N) is 1. The molecule has 1 heterocycles. The van der Waals surface area contributed by atoms with Crippen LogP contribution in [0.5, 0.6) is 0 Å². The number of aromatic amines is 1. The van der Waals surface area contributed by atoms with Crippen LogP contribution in [-0.2, 0) is 16.7 Å². The molecule has 0 bridgehead atoms. The van der Waals surface area contributed by atoms with Crippen molar-refractivity contribution in [3.05, 3.63) is 56.4 Å². The summed E-state index contributed by atoms with van der Waals surface area (Å²) < 4.78 is 14.5. The maximum absolute atomic E-state index is 11.9. The van der Waals surface area contributed by atoms with Gasteiger partial charge in [-0.2, -0.15) is 5.10 Å². The fourth-order valence-electron chi connectivity index (χ4n) is 1.35. The summed E-state index contributed by atoms with van der Waals surface area (Å²) in [6.45, 7) is 0. The van der Waals surface area contributed by atoms with Gasteiger partial charge in [-0.1, -0.05) is 35.3 Å². The zero-order valence-corrected chi connectivity index (χ0v) is 11.9. The van der Waals surface area contributed by atoms with E-state index in [4.69, 9.17) is 23.2 Å². The summed E-state index contributed by atoms with van der Waals surface area (Å²) in [6, 6.07) is 8.28. The highest BCUT2D eigenvalue weighted by molar-refractivity contribution is 7.85. The van der Waals surface area contributed by atoms with Crippen LogP contribution in [-0.4, -0.2) is 14.4 Å². The van der Waals surface area contributed by atoms with Crippen LogP contribution in [0, 0.1) is 0 Å². The molecule has 2 rings (SSSR count). The molecular weight excluding hydrogens is 309 g/mol. The third-order valence-corrected chi connectivity index (χ3v) is 3.70. The van der Waals surface area contributed by atoms with Gasteiger partial charge in [-0.15, -0.1) is 0 Å². The van der Waals surface area contributed by atoms with Gasteiger partial charge in [0, 0.05) is 11.1 Å². The first kappa shape index (κ1) is 14.0. The first-order valence-electron chi connectivity index (χ1n) is 5.19. The van der Waals surface area contributed by atoms with Gasteiger partial charge in [0.2, 0.25) is 0 Å². The van der Waals surface area contributed by atoms with Gasteiger partial charge in [0.05, 0.1) is 5.75 Å². The molecule has 0 radical (unpaired) electrons. The van der Waals surface area contributed by atoms with E-state index in [1.807, 2.05) is 0 Å². The highest BCUT2D eigenvalue weighted by Crippen LogP contribution is 2.12. The lowest BCUT2D eigenvalue weighted by molar-refractivity contribution is 0.686. The normalized spacial score (nSPS) is 12.1. The molecule has 2 N–H and O–H groups in total. The Morgan fingerprint density at radius 3 is 2.63 bits per heavy atom. The van der Waals surface area contributed by atoms with Crippen molar-refractivity contribution < 1.29 is 4.21 Å². The minimum absolute atomic E-state index is 0.116. The van der Waals surface area contributed by atoms with Gasteiger partial charge in [0.15, 0.2) is 5.15 Å². The lowest BCUT2D eigenvalue weighted by Gasteiger charge is -2.05. The van der Waals surface area contributed by atoms with Crippen LogP contribution < -0.4 is 10.3 Å². The summed E-state index contributed by atoms with van der Waals surface area (Å²) >= 11 is 11.4. The Bertz CT molecular complexity index is 658. The molecule has 100 valence electrons. The van der Waals surface area contributed by atoms with E-state index < -0.39 is 16.5 Å². The topological polar surface area (TPSA) is 74.8 Å². The molecule has 1 aromatic carbocycles. The van der Waals surface area contributed by atoms with Gasteiger partial charge < -0.3 is 0 Å². The molecule has 0 aliphatic carbocycles. The van der Waals surface area contributed by atoms with E-state index >= 15 is 0 Å². The average Bonchev–Trinajstić information content (AvgIpc) is 2.37. The zero-order chi connectivity index (χ0) is 13.8. The molecule has 0 aliphatic heterocycles. The fraction of sp³-hybridized carbons (Fsp3) is 0.0909. The number of hydrogen-bond acceptors (Lipinski definition) is 3. The molecular formula is C11H9Cl2N3O2S. The third-order valence-electron chi connectivity index (χ3n) is 2.21. The number of benzene rings is 1. The molecule has 1 atom stereocenters. The van der Waals surface area contributed by atoms with Crippen LogP contribution in [0.2, 0.25) is 10.2 Å². The van der Waals surface area contributed by atoms with Crippen molar-refractivity contribution in [3.8, 4) is 0 Å². The van der Waals surface area contributed by atoms with E-state index in [0.29, 0.717) is 5.02 Å². The number of nitrogens with one attached hydrogen (secondary N) is 2. The Balaban J connectivity index is 2.07.